The van der Waals surface area contributed by atoms with Crippen molar-refractivity contribution < 1.29 is 4.79 Å². The lowest BCUT2D eigenvalue weighted by molar-refractivity contribution is -0.121. The van der Waals surface area contributed by atoms with Crippen LogP contribution in [-0.4, -0.2) is 36.0 Å². The number of nitrogens with one attached hydrogen (secondary N) is 2. The van der Waals surface area contributed by atoms with Gasteiger partial charge >= 0.3 is 0 Å². The van der Waals surface area contributed by atoms with Gasteiger partial charge in [0.15, 0.2) is 0 Å². The van der Waals surface area contributed by atoms with Gasteiger partial charge in [0.2, 0.25) is 5.91 Å². The molecule has 0 aliphatic carbocycles. The monoisotopic (exact) mass is 202 g/mol. The number of carbonyl (C=O) groups is 1. The molecule has 0 radical (unpaired) electrons. The Hall–Kier alpha value is -0.220. The van der Waals surface area contributed by atoms with E-state index in [0.29, 0.717) is 12.5 Å². The molecule has 4 heteroatoms. The van der Waals surface area contributed by atoms with Crippen LogP contribution in [0.2, 0.25) is 0 Å². The van der Waals surface area contributed by atoms with E-state index in [9.17, 15) is 4.79 Å². The summed E-state index contributed by atoms with van der Waals surface area (Å²) < 4.78 is 0. The van der Waals surface area contributed by atoms with Crippen LogP contribution in [-0.2, 0) is 4.79 Å². The highest BCUT2D eigenvalue weighted by Gasteiger charge is 2.16. The highest BCUT2D eigenvalue weighted by atomic mass is 32.2. The van der Waals surface area contributed by atoms with Crippen LogP contribution in [0, 0.1) is 0 Å². The van der Waals surface area contributed by atoms with Gasteiger partial charge < -0.3 is 10.6 Å². The number of hydrogen-bond acceptors (Lipinski definition) is 3. The van der Waals surface area contributed by atoms with Crippen molar-refractivity contribution in [2.45, 2.75) is 32.4 Å². The summed E-state index contributed by atoms with van der Waals surface area (Å²) in [5.74, 6) is 2.39. The van der Waals surface area contributed by atoms with E-state index >= 15 is 0 Å². The zero-order valence-electron chi connectivity index (χ0n) is 8.30. The molecule has 13 heavy (non-hydrogen) atoms. The van der Waals surface area contributed by atoms with Gasteiger partial charge in [-0.15, -0.1) is 0 Å². The topological polar surface area (TPSA) is 41.1 Å². The molecule has 1 atom stereocenters. The molecule has 0 saturated carbocycles. The maximum absolute atomic E-state index is 11.4. The van der Waals surface area contributed by atoms with Crippen molar-refractivity contribution in [2.24, 2.45) is 0 Å². The number of carbonyl (C=O) groups excluding carboxylic acids is 1. The van der Waals surface area contributed by atoms with Crippen molar-refractivity contribution in [1.82, 2.24) is 10.6 Å². The number of amides is 1. The van der Waals surface area contributed by atoms with Crippen molar-refractivity contribution in [1.29, 1.82) is 0 Å². The highest BCUT2D eigenvalue weighted by molar-refractivity contribution is 7.99. The molecule has 1 unspecified atom stereocenters. The third kappa shape index (κ3) is 4.52. The van der Waals surface area contributed by atoms with E-state index in [1.54, 1.807) is 0 Å². The van der Waals surface area contributed by atoms with Gasteiger partial charge in [-0.05, 0) is 13.8 Å². The van der Waals surface area contributed by atoms with Crippen LogP contribution < -0.4 is 10.6 Å². The van der Waals surface area contributed by atoms with Crippen molar-refractivity contribution in [2.75, 3.05) is 18.1 Å². The SMILES string of the molecule is CC(C)NC(=O)CC1CSCCN1. The van der Waals surface area contributed by atoms with Gasteiger partial charge in [-0.2, -0.15) is 11.8 Å². The minimum Gasteiger partial charge on any atom is -0.354 e. The smallest absolute Gasteiger partial charge is 0.221 e. The molecule has 1 aliphatic heterocycles. The summed E-state index contributed by atoms with van der Waals surface area (Å²) in [6, 6.07) is 0.626. The van der Waals surface area contributed by atoms with Crippen LogP contribution >= 0.6 is 11.8 Å². The summed E-state index contributed by atoms with van der Waals surface area (Å²) in [7, 11) is 0. The molecule has 0 spiro atoms. The van der Waals surface area contributed by atoms with Gasteiger partial charge in [-0.25, -0.2) is 0 Å². The largest absolute Gasteiger partial charge is 0.354 e. The summed E-state index contributed by atoms with van der Waals surface area (Å²) in [5, 5.41) is 6.24. The first-order valence-electron chi connectivity index (χ1n) is 4.79. The maximum Gasteiger partial charge on any atom is 0.221 e. The van der Waals surface area contributed by atoms with Crippen molar-refractivity contribution >= 4 is 17.7 Å². The van der Waals surface area contributed by atoms with Crippen molar-refractivity contribution in [3.05, 3.63) is 0 Å². The Bertz CT molecular complexity index is 167. The molecule has 1 fully saturated rings. The second-order valence-corrected chi connectivity index (χ2v) is 4.80. The Morgan fingerprint density at radius 3 is 3.00 bits per heavy atom. The summed E-state index contributed by atoms with van der Waals surface area (Å²) >= 11 is 1.92. The molecule has 1 heterocycles. The van der Waals surface area contributed by atoms with Gasteiger partial charge in [0.25, 0.3) is 0 Å². The van der Waals surface area contributed by atoms with E-state index in [0.717, 1.165) is 12.3 Å². The fraction of sp³-hybridized carbons (Fsp3) is 0.889. The van der Waals surface area contributed by atoms with E-state index < -0.39 is 0 Å². The molecule has 1 saturated heterocycles. The average molecular weight is 202 g/mol. The number of thioether (sulfide) groups is 1. The molecule has 1 aliphatic rings. The summed E-state index contributed by atoms with van der Waals surface area (Å²) in [6.45, 7) is 5.01. The van der Waals surface area contributed by atoms with Crippen LogP contribution in [0.25, 0.3) is 0 Å². The average Bonchev–Trinajstić information content (AvgIpc) is 2.04. The Morgan fingerprint density at radius 1 is 1.69 bits per heavy atom. The normalized spacial score (nSPS) is 23.2. The van der Waals surface area contributed by atoms with E-state index in [1.807, 2.05) is 25.6 Å². The molecule has 1 rings (SSSR count). The maximum atomic E-state index is 11.4. The fourth-order valence-corrected chi connectivity index (χ4v) is 2.30. The Labute approximate surface area is 84.0 Å². The van der Waals surface area contributed by atoms with Crippen LogP contribution in [0.4, 0.5) is 0 Å². The number of rotatable bonds is 3. The van der Waals surface area contributed by atoms with Crippen LogP contribution in [0.5, 0.6) is 0 Å². The lowest BCUT2D eigenvalue weighted by atomic mass is 10.2. The molecule has 0 aromatic heterocycles. The zero-order valence-corrected chi connectivity index (χ0v) is 9.12. The van der Waals surface area contributed by atoms with E-state index in [4.69, 9.17) is 0 Å². The quantitative estimate of drug-likeness (QED) is 0.704. The van der Waals surface area contributed by atoms with Crippen LogP contribution in [0.1, 0.15) is 20.3 Å². The van der Waals surface area contributed by atoms with E-state index in [-0.39, 0.29) is 11.9 Å². The van der Waals surface area contributed by atoms with Gasteiger partial charge in [-0.3, -0.25) is 4.79 Å². The van der Waals surface area contributed by atoms with Gasteiger partial charge in [0.05, 0.1) is 0 Å². The second-order valence-electron chi connectivity index (χ2n) is 3.65. The molecule has 0 aromatic carbocycles. The minimum atomic E-state index is 0.162. The summed E-state index contributed by atoms with van der Waals surface area (Å²) in [5.41, 5.74) is 0. The van der Waals surface area contributed by atoms with E-state index in [2.05, 4.69) is 10.6 Å². The number of hydrogen-bond donors (Lipinski definition) is 2. The van der Waals surface area contributed by atoms with E-state index in [1.165, 1.54) is 5.75 Å². The second kappa shape index (κ2) is 5.50. The van der Waals surface area contributed by atoms with Crippen LogP contribution in [0.3, 0.4) is 0 Å². The Kier molecular flexibility index (Phi) is 4.59. The lowest BCUT2D eigenvalue weighted by Crippen LogP contribution is -2.42. The molecule has 0 bridgehead atoms. The van der Waals surface area contributed by atoms with Crippen molar-refractivity contribution in [3.63, 3.8) is 0 Å². The molecule has 3 nitrogen and oxygen atoms in total. The Balaban J connectivity index is 2.18. The van der Waals surface area contributed by atoms with Crippen LogP contribution in [0.15, 0.2) is 0 Å². The first kappa shape index (κ1) is 10.9. The van der Waals surface area contributed by atoms with Gasteiger partial charge in [-0.1, -0.05) is 0 Å². The first-order valence-corrected chi connectivity index (χ1v) is 5.94. The summed E-state index contributed by atoms with van der Waals surface area (Å²) in [6.07, 6.45) is 0.616. The third-order valence-electron chi connectivity index (χ3n) is 1.88. The lowest BCUT2D eigenvalue weighted by Gasteiger charge is -2.22. The molecule has 76 valence electrons. The fourth-order valence-electron chi connectivity index (χ4n) is 1.36. The predicted molar refractivity (Wildman–Crippen MR) is 57.0 cm³/mol. The Morgan fingerprint density at radius 2 is 2.46 bits per heavy atom. The predicted octanol–water partition coefficient (Wildman–Crippen LogP) is 0.606. The molecular weight excluding hydrogens is 184 g/mol. The van der Waals surface area contributed by atoms with Gasteiger partial charge in [0.1, 0.15) is 0 Å². The molecule has 1 amide bonds. The van der Waals surface area contributed by atoms with Gasteiger partial charge in [0, 0.05) is 36.6 Å². The van der Waals surface area contributed by atoms with Crippen molar-refractivity contribution in [3.8, 4) is 0 Å². The minimum absolute atomic E-state index is 0.162. The molecule has 0 aromatic rings. The summed E-state index contributed by atoms with van der Waals surface area (Å²) in [4.78, 5) is 11.4. The molecular formula is C9H18N2OS. The third-order valence-corrected chi connectivity index (χ3v) is 3.01. The highest BCUT2D eigenvalue weighted by Crippen LogP contribution is 2.09. The standard InChI is InChI=1S/C9H18N2OS/c1-7(2)11-9(12)5-8-6-13-4-3-10-8/h7-8,10H,3-6H2,1-2H3,(H,11,12). The molecule has 2 N–H and O–H groups in total. The zero-order chi connectivity index (χ0) is 9.68. The first-order chi connectivity index (χ1) is 6.18.